The van der Waals surface area contributed by atoms with Gasteiger partial charge in [-0.2, -0.15) is 39.5 Å². The summed E-state index contributed by atoms with van der Waals surface area (Å²) in [6.07, 6.45) is -14.2. The van der Waals surface area contributed by atoms with Crippen LogP contribution in [0.2, 0.25) is 0 Å². The summed E-state index contributed by atoms with van der Waals surface area (Å²) in [6.45, 7) is 1.09. The molecule has 0 saturated heterocycles. The maximum absolute atomic E-state index is 11.2. The van der Waals surface area contributed by atoms with Crippen LogP contribution in [0.4, 0.5) is 48.3 Å². The third-order valence-electron chi connectivity index (χ3n) is 0.974. The molecule has 0 N–H and O–H groups in total. The van der Waals surface area contributed by atoms with Crippen molar-refractivity contribution in [1.82, 2.24) is 0 Å². The molecule has 0 aromatic heterocycles. The number of hydrogen-bond acceptors (Lipinski definition) is 0. The lowest BCUT2D eigenvalue weighted by Crippen LogP contribution is -3.00. The van der Waals surface area contributed by atoms with E-state index in [1.54, 1.807) is 0 Å². The first-order valence-corrected chi connectivity index (χ1v) is 5.34. The molecule has 0 nitrogen and oxygen atoms in total. The third-order valence-corrected chi connectivity index (χ3v) is 1.74. The highest BCUT2D eigenvalue weighted by Gasteiger charge is 2.37. The summed E-state index contributed by atoms with van der Waals surface area (Å²) in [7, 11) is 0. The highest BCUT2D eigenvalue weighted by Crippen LogP contribution is 2.26. The normalized spacial score (nSPS) is 13.1. The van der Waals surface area contributed by atoms with Crippen molar-refractivity contribution in [2.24, 2.45) is 0 Å². The van der Waals surface area contributed by atoms with Crippen LogP contribution in [-0.4, -0.2) is 30.0 Å². The largest absolute Gasteiger partial charge is 1.00 e. The molecule has 0 aromatic carbocycles. The number of halogens is 13. The summed E-state index contributed by atoms with van der Waals surface area (Å²) in [6, 6.07) is 0. The minimum atomic E-state index is -4.51. The lowest BCUT2D eigenvalue weighted by molar-refractivity contribution is -0.129. The fraction of sp³-hybridized carbons (Fsp3) is 0.556. The molecule has 0 aromatic rings. The van der Waals surface area contributed by atoms with Crippen molar-refractivity contribution in [2.45, 2.75) is 23.4 Å². The number of hydrogen-bond donors (Lipinski definition) is 0. The molecule has 0 aliphatic carbocycles. The zero-order chi connectivity index (χ0) is 17.9. The smallest absolute Gasteiger partial charge is 0.411 e. The lowest BCUT2D eigenvalue weighted by atomic mass is 10.5. The minimum absolute atomic E-state index is 0. The van der Waals surface area contributed by atoms with E-state index in [0.717, 1.165) is 0 Å². The Hall–Kier alpha value is -0.330. The van der Waals surface area contributed by atoms with Crippen molar-refractivity contribution >= 4 is 15.9 Å². The lowest BCUT2D eigenvalue weighted by Gasteiger charge is -2.07. The Bertz CT molecular complexity index is 289. The first-order valence-electron chi connectivity index (χ1n) is 4.42. The first-order chi connectivity index (χ1) is 9.10. The Balaban J connectivity index is -0.000000109. The molecule has 22 heavy (non-hydrogen) atoms. The van der Waals surface area contributed by atoms with Gasteiger partial charge in [0.05, 0.1) is 6.33 Å². The Morgan fingerprint density at radius 1 is 0.909 bits per heavy atom. The summed E-state index contributed by atoms with van der Waals surface area (Å²) >= 11 is 2.10. The monoisotopic (exact) mass is 483 g/mol. The van der Waals surface area contributed by atoms with Gasteiger partial charge in [0.1, 0.15) is 11.5 Å². The molecule has 0 radical (unpaired) electrons. The average Bonchev–Trinajstić information content (AvgIpc) is 2.25. The molecule has 0 rings (SSSR count). The molecule has 0 fully saturated rings. The van der Waals surface area contributed by atoms with Crippen molar-refractivity contribution in [2.75, 3.05) is 6.67 Å². The van der Waals surface area contributed by atoms with Crippen LogP contribution in [0.25, 0.3) is 0 Å². The molecule has 1 unspecified atom stereocenters. The van der Waals surface area contributed by atoms with E-state index in [1.807, 2.05) is 0 Å². The average molecular weight is 485 g/mol. The first kappa shape index (κ1) is 29.7. The quantitative estimate of drug-likeness (QED) is 0.305. The van der Waals surface area contributed by atoms with Crippen LogP contribution in [0.1, 0.15) is 0 Å². The zero-order valence-electron chi connectivity index (χ0n) is 10.1. The van der Waals surface area contributed by atoms with Gasteiger partial charge in [0.25, 0.3) is 0 Å². The number of allylic oxidation sites excluding steroid dienone is 2. The van der Waals surface area contributed by atoms with E-state index in [1.165, 1.54) is 0 Å². The third kappa shape index (κ3) is 31.9. The second-order valence-corrected chi connectivity index (χ2v) is 3.85. The van der Waals surface area contributed by atoms with E-state index in [9.17, 15) is 48.3 Å². The van der Waals surface area contributed by atoms with Gasteiger partial charge in [-0.25, -0.2) is 8.78 Å². The molecule has 13 heteroatoms. The molecule has 0 spiro atoms. The van der Waals surface area contributed by atoms with Gasteiger partial charge in [-0.3, -0.25) is 0 Å². The number of rotatable bonds is 1. The molecule has 136 valence electrons. The predicted octanol–water partition coefficient (Wildman–Crippen LogP) is 3.05. The number of alkyl halides is 11. The standard InChI is InChI=1S/C3H3BrF4.C3H2F4.C3H3F3.BrH/c4-2(1-5)3(6,7)8;4-2-1-3(5,6)7;1-2-3(4,5)6;/h2H,1H2;1-2H;2H,1H2;1H/p-1/b;2-1+;;. The molecule has 0 heterocycles. The van der Waals surface area contributed by atoms with Gasteiger partial charge in [0.15, 0.2) is 0 Å². The van der Waals surface area contributed by atoms with Crippen LogP contribution in [-0.2, 0) is 0 Å². The summed E-state index contributed by atoms with van der Waals surface area (Å²) < 4.78 is 119. The van der Waals surface area contributed by atoms with Crippen LogP contribution in [0, 0.1) is 0 Å². The predicted molar refractivity (Wildman–Crippen MR) is 57.3 cm³/mol. The maximum Gasteiger partial charge on any atom is 0.411 e. The van der Waals surface area contributed by atoms with Crippen molar-refractivity contribution in [3.05, 3.63) is 25.1 Å². The van der Waals surface area contributed by atoms with Crippen LogP contribution >= 0.6 is 15.9 Å². The zero-order valence-corrected chi connectivity index (χ0v) is 13.3. The fourth-order valence-electron chi connectivity index (χ4n) is 0.159. The van der Waals surface area contributed by atoms with Gasteiger partial charge in [0.2, 0.25) is 0 Å². The van der Waals surface area contributed by atoms with E-state index in [0.29, 0.717) is 0 Å². The van der Waals surface area contributed by atoms with Crippen LogP contribution in [0.3, 0.4) is 0 Å². The van der Waals surface area contributed by atoms with Gasteiger partial charge < -0.3 is 17.0 Å². The Morgan fingerprint density at radius 3 is 1.23 bits per heavy atom. The minimum Gasteiger partial charge on any atom is -1.00 e. The second-order valence-electron chi connectivity index (χ2n) is 2.74. The van der Waals surface area contributed by atoms with Gasteiger partial charge in [0, 0.05) is 12.2 Å². The molecule has 0 saturated carbocycles. The van der Waals surface area contributed by atoms with Crippen molar-refractivity contribution < 1.29 is 65.3 Å². The Morgan fingerprint density at radius 2 is 1.23 bits per heavy atom. The molecular formula is C9H8Br2F11-. The Labute approximate surface area is 136 Å². The topological polar surface area (TPSA) is 0 Å². The van der Waals surface area contributed by atoms with Gasteiger partial charge in [-0.1, -0.05) is 22.5 Å². The summed E-state index contributed by atoms with van der Waals surface area (Å²) in [5.41, 5.74) is 0. The van der Waals surface area contributed by atoms with Crippen molar-refractivity contribution in [3.63, 3.8) is 0 Å². The Kier molecular flexibility index (Phi) is 17.7. The van der Waals surface area contributed by atoms with Gasteiger partial charge in [-0.15, -0.1) is 0 Å². The summed E-state index contributed by atoms with van der Waals surface area (Å²) in [4.78, 5) is -2.00. The van der Waals surface area contributed by atoms with E-state index in [-0.39, 0.29) is 23.1 Å². The molecule has 0 amide bonds. The van der Waals surface area contributed by atoms with Crippen molar-refractivity contribution in [3.8, 4) is 0 Å². The molecule has 1 atom stereocenters. The SMILES string of the molecule is C=CC(F)(F)F.F/C=C/C(F)(F)F.FCC(Br)C(F)(F)F.[Br-]. The van der Waals surface area contributed by atoms with Gasteiger partial charge >= 0.3 is 18.5 Å². The molecule has 0 bridgehead atoms. The summed E-state index contributed by atoms with van der Waals surface area (Å²) in [5.74, 6) is 0. The fourth-order valence-corrected chi connectivity index (χ4v) is 0.159. The highest BCUT2D eigenvalue weighted by molar-refractivity contribution is 9.09. The van der Waals surface area contributed by atoms with Crippen LogP contribution < -0.4 is 17.0 Å². The van der Waals surface area contributed by atoms with E-state index < -0.39 is 42.4 Å². The second kappa shape index (κ2) is 13.1. The molecule has 0 aliphatic rings. The maximum atomic E-state index is 11.2. The summed E-state index contributed by atoms with van der Waals surface area (Å²) in [5, 5.41) is 0. The van der Waals surface area contributed by atoms with E-state index in [2.05, 4.69) is 22.5 Å². The van der Waals surface area contributed by atoms with E-state index in [4.69, 9.17) is 0 Å². The van der Waals surface area contributed by atoms with E-state index >= 15 is 0 Å². The van der Waals surface area contributed by atoms with Crippen molar-refractivity contribution in [1.29, 1.82) is 0 Å². The molecular weight excluding hydrogens is 477 g/mol. The van der Waals surface area contributed by atoms with Crippen LogP contribution in [0.15, 0.2) is 25.1 Å². The highest BCUT2D eigenvalue weighted by atomic mass is 79.9. The van der Waals surface area contributed by atoms with Crippen LogP contribution in [0.5, 0.6) is 0 Å². The van der Waals surface area contributed by atoms with Gasteiger partial charge in [-0.05, 0) is 0 Å². The molecule has 0 aliphatic heterocycles.